The van der Waals surface area contributed by atoms with Crippen LogP contribution in [0.15, 0.2) is 0 Å². The van der Waals surface area contributed by atoms with Crippen molar-refractivity contribution in [3.05, 3.63) is 0 Å². The molecule has 1 aliphatic heterocycles. The first-order chi connectivity index (χ1) is 5.54. The summed E-state index contributed by atoms with van der Waals surface area (Å²) in [4.78, 5) is 1.83. The topological polar surface area (TPSA) is 52.9 Å². The van der Waals surface area contributed by atoms with Crippen LogP contribution in [-0.4, -0.2) is 60.2 Å². The molecule has 1 fully saturated rings. The van der Waals surface area contributed by atoms with Crippen molar-refractivity contribution < 1.29 is 14.9 Å². The van der Waals surface area contributed by atoms with Gasteiger partial charge in [0.1, 0.15) is 0 Å². The molecule has 0 aromatic heterocycles. The molecule has 12 heavy (non-hydrogen) atoms. The lowest BCUT2D eigenvalue weighted by Crippen LogP contribution is -2.57. The largest absolute Gasteiger partial charge is 0.389 e. The second-order valence-electron chi connectivity index (χ2n) is 3.55. The maximum Gasteiger partial charge on any atom is 0.0979 e. The molecule has 4 heteroatoms. The molecular weight excluding hydrogens is 158 g/mol. The van der Waals surface area contributed by atoms with Crippen LogP contribution in [0.2, 0.25) is 0 Å². The first-order valence-electron chi connectivity index (χ1n) is 4.18. The van der Waals surface area contributed by atoms with E-state index in [9.17, 15) is 10.2 Å². The van der Waals surface area contributed by atoms with Crippen LogP contribution in [0.4, 0.5) is 0 Å². The predicted molar refractivity (Wildman–Crippen MR) is 44.9 cm³/mol. The molecule has 4 nitrogen and oxygen atoms in total. The number of likely N-dealkylation sites (N-methyl/N-ethyl adjacent to an activating group) is 1. The van der Waals surface area contributed by atoms with Crippen LogP contribution < -0.4 is 0 Å². The van der Waals surface area contributed by atoms with Gasteiger partial charge in [0, 0.05) is 0 Å². The molecule has 0 radical (unpaired) electrons. The van der Waals surface area contributed by atoms with E-state index in [4.69, 9.17) is 4.74 Å². The fourth-order valence-corrected chi connectivity index (χ4v) is 1.60. The van der Waals surface area contributed by atoms with Crippen molar-refractivity contribution in [3.8, 4) is 0 Å². The molecule has 1 aliphatic rings. The van der Waals surface area contributed by atoms with Gasteiger partial charge in [-0.05, 0) is 21.0 Å². The molecule has 0 unspecified atom stereocenters. The smallest absolute Gasteiger partial charge is 0.0979 e. The van der Waals surface area contributed by atoms with E-state index < -0.39 is 12.2 Å². The van der Waals surface area contributed by atoms with E-state index in [-0.39, 0.29) is 12.1 Å². The Labute approximate surface area is 72.7 Å². The predicted octanol–water partition coefficient (Wildman–Crippen LogP) is -0.943. The van der Waals surface area contributed by atoms with Gasteiger partial charge in [0.15, 0.2) is 0 Å². The van der Waals surface area contributed by atoms with Crippen molar-refractivity contribution in [1.29, 1.82) is 0 Å². The monoisotopic (exact) mass is 175 g/mol. The number of hydrogen-bond donors (Lipinski definition) is 2. The Balaban J connectivity index is 2.65. The number of aliphatic hydroxyl groups is 2. The minimum Gasteiger partial charge on any atom is -0.389 e. The molecule has 72 valence electrons. The van der Waals surface area contributed by atoms with Gasteiger partial charge in [0.25, 0.3) is 0 Å². The quantitative estimate of drug-likeness (QED) is 0.540. The Bertz CT molecular complexity index is 151. The van der Waals surface area contributed by atoms with Gasteiger partial charge in [-0.3, -0.25) is 0 Å². The van der Waals surface area contributed by atoms with E-state index in [0.29, 0.717) is 6.61 Å². The highest BCUT2D eigenvalue weighted by atomic mass is 16.5. The number of hydrogen-bond acceptors (Lipinski definition) is 4. The molecule has 1 rings (SSSR count). The van der Waals surface area contributed by atoms with Gasteiger partial charge in [0.05, 0.1) is 31.0 Å². The van der Waals surface area contributed by atoms with E-state index in [2.05, 4.69) is 0 Å². The zero-order valence-electron chi connectivity index (χ0n) is 7.77. The Hall–Kier alpha value is -0.160. The van der Waals surface area contributed by atoms with Gasteiger partial charge < -0.3 is 19.8 Å². The van der Waals surface area contributed by atoms with Crippen molar-refractivity contribution in [3.63, 3.8) is 0 Å². The van der Waals surface area contributed by atoms with Gasteiger partial charge >= 0.3 is 0 Å². The highest BCUT2D eigenvalue weighted by Gasteiger charge is 2.37. The molecule has 0 aliphatic carbocycles. The molecule has 1 heterocycles. The summed E-state index contributed by atoms with van der Waals surface area (Å²) in [5, 5.41) is 19.2. The van der Waals surface area contributed by atoms with Crippen LogP contribution >= 0.6 is 0 Å². The average molecular weight is 175 g/mol. The van der Waals surface area contributed by atoms with Crippen molar-refractivity contribution in [2.45, 2.75) is 31.3 Å². The summed E-state index contributed by atoms with van der Waals surface area (Å²) in [6.07, 6.45) is -1.39. The highest BCUT2D eigenvalue weighted by Crippen LogP contribution is 2.18. The van der Waals surface area contributed by atoms with Gasteiger partial charge in [-0.15, -0.1) is 0 Å². The molecule has 0 aromatic carbocycles. The minimum atomic E-state index is -0.608. The third-order valence-corrected chi connectivity index (χ3v) is 2.35. The van der Waals surface area contributed by atoms with Gasteiger partial charge in [-0.2, -0.15) is 0 Å². The van der Waals surface area contributed by atoms with Crippen molar-refractivity contribution in [2.24, 2.45) is 0 Å². The second-order valence-corrected chi connectivity index (χ2v) is 3.55. The van der Waals surface area contributed by atoms with E-state index >= 15 is 0 Å². The summed E-state index contributed by atoms with van der Waals surface area (Å²) in [5.41, 5.74) is 0. The summed E-state index contributed by atoms with van der Waals surface area (Å²) in [6.45, 7) is 2.12. The third-order valence-electron chi connectivity index (χ3n) is 2.35. The molecule has 0 saturated carbocycles. The van der Waals surface area contributed by atoms with Crippen LogP contribution in [0.3, 0.4) is 0 Å². The van der Waals surface area contributed by atoms with Crippen LogP contribution in [0.25, 0.3) is 0 Å². The Kier molecular flexibility index (Phi) is 3.06. The maximum atomic E-state index is 9.65. The van der Waals surface area contributed by atoms with Gasteiger partial charge in [-0.1, -0.05) is 0 Å². The lowest BCUT2D eigenvalue weighted by molar-refractivity contribution is -0.155. The number of nitrogens with zero attached hydrogens (tertiary/aromatic N) is 1. The molecule has 2 N–H and O–H groups in total. The first kappa shape index (κ1) is 9.92. The molecular formula is C8H17NO3. The van der Waals surface area contributed by atoms with E-state index in [1.165, 1.54) is 0 Å². The SMILES string of the molecule is C[C@H]1OC[C@H](O)[C@H](N(C)C)[C@@H]1O. The van der Waals surface area contributed by atoms with E-state index in [0.717, 1.165) is 0 Å². The van der Waals surface area contributed by atoms with Crippen LogP contribution in [-0.2, 0) is 4.74 Å². The molecule has 0 aromatic rings. The number of aliphatic hydroxyl groups excluding tert-OH is 2. The standard InChI is InChI=1S/C8H17NO3/c1-5-8(11)7(9(2)3)6(10)4-12-5/h5-8,10-11H,4H2,1-3H3/t5-,6+,7+,8-/m1/s1. The molecule has 4 atom stereocenters. The Morgan fingerprint density at radius 3 is 2.33 bits per heavy atom. The summed E-state index contributed by atoms with van der Waals surface area (Å²) < 4.78 is 5.16. The average Bonchev–Trinajstić information content (AvgIpc) is 1.97. The lowest BCUT2D eigenvalue weighted by Gasteiger charge is -2.40. The van der Waals surface area contributed by atoms with E-state index in [1.807, 2.05) is 25.9 Å². The normalized spacial score (nSPS) is 43.5. The molecule has 1 saturated heterocycles. The summed E-state index contributed by atoms with van der Waals surface area (Å²) >= 11 is 0. The van der Waals surface area contributed by atoms with Gasteiger partial charge in [0.2, 0.25) is 0 Å². The fourth-order valence-electron chi connectivity index (χ4n) is 1.60. The van der Waals surface area contributed by atoms with Crippen LogP contribution in [0.1, 0.15) is 6.92 Å². The number of ether oxygens (including phenoxy) is 1. The Morgan fingerprint density at radius 2 is 1.92 bits per heavy atom. The van der Waals surface area contributed by atoms with E-state index in [1.54, 1.807) is 0 Å². The molecule has 0 spiro atoms. The third kappa shape index (κ3) is 1.77. The second kappa shape index (κ2) is 3.70. The molecule has 0 amide bonds. The summed E-state index contributed by atoms with van der Waals surface area (Å²) in [6, 6.07) is -0.214. The first-order valence-corrected chi connectivity index (χ1v) is 4.18. The molecule has 0 bridgehead atoms. The lowest BCUT2D eigenvalue weighted by atomic mass is 9.97. The zero-order chi connectivity index (χ0) is 9.30. The maximum absolute atomic E-state index is 9.65. The van der Waals surface area contributed by atoms with Crippen LogP contribution in [0, 0.1) is 0 Å². The summed E-state index contributed by atoms with van der Waals surface area (Å²) in [7, 11) is 3.68. The van der Waals surface area contributed by atoms with Crippen LogP contribution in [0.5, 0.6) is 0 Å². The highest BCUT2D eigenvalue weighted by molar-refractivity contribution is 4.89. The van der Waals surface area contributed by atoms with Crippen molar-refractivity contribution in [1.82, 2.24) is 4.90 Å². The van der Waals surface area contributed by atoms with Crippen molar-refractivity contribution >= 4 is 0 Å². The Morgan fingerprint density at radius 1 is 1.33 bits per heavy atom. The fraction of sp³-hybridized carbons (Fsp3) is 1.00. The zero-order valence-corrected chi connectivity index (χ0v) is 7.77. The number of rotatable bonds is 1. The van der Waals surface area contributed by atoms with Crippen molar-refractivity contribution in [2.75, 3.05) is 20.7 Å². The summed E-state index contributed by atoms with van der Waals surface area (Å²) in [5.74, 6) is 0. The minimum absolute atomic E-state index is 0.194. The van der Waals surface area contributed by atoms with Gasteiger partial charge in [-0.25, -0.2) is 0 Å².